The molecular weight excluding hydrogens is 358 g/mol. The van der Waals surface area contributed by atoms with Gasteiger partial charge in [0.1, 0.15) is 17.4 Å². The van der Waals surface area contributed by atoms with E-state index in [2.05, 4.69) is 11.0 Å². The van der Waals surface area contributed by atoms with E-state index in [1.807, 2.05) is 24.3 Å². The standard InChI is InChI=1S/C21H25N3O4/c1-3-27-21(25)18-14(2)28-20(23)17(12-22)19(18)16-7-5-4-6-15(16)13-24-8-10-26-11-9-24/h4-7,19H,3,8-11,13,23H2,1-2H3. The lowest BCUT2D eigenvalue weighted by molar-refractivity contribution is -0.139. The van der Waals surface area contributed by atoms with Crippen LogP contribution in [0.3, 0.4) is 0 Å². The first-order valence-electron chi connectivity index (χ1n) is 9.40. The predicted octanol–water partition coefficient (Wildman–Crippen LogP) is 2.16. The van der Waals surface area contributed by atoms with Crippen LogP contribution in [0.25, 0.3) is 0 Å². The van der Waals surface area contributed by atoms with Crippen molar-refractivity contribution in [2.75, 3.05) is 32.9 Å². The lowest BCUT2D eigenvalue weighted by Crippen LogP contribution is -2.36. The Morgan fingerprint density at radius 2 is 2.07 bits per heavy atom. The Morgan fingerprint density at radius 3 is 2.75 bits per heavy atom. The smallest absolute Gasteiger partial charge is 0.338 e. The van der Waals surface area contributed by atoms with E-state index in [9.17, 15) is 10.1 Å². The number of allylic oxidation sites excluding steroid dienone is 2. The molecule has 0 bridgehead atoms. The minimum absolute atomic E-state index is 0.0271. The molecule has 1 atom stereocenters. The molecule has 0 saturated carbocycles. The van der Waals surface area contributed by atoms with Gasteiger partial charge in [-0.1, -0.05) is 24.3 Å². The minimum Gasteiger partial charge on any atom is -0.463 e. The van der Waals surface area contributed by atoms with Crippen LogP contribution in [0.4, 0.5) is 0 Å². The Kier molecular flexibility index (Phi) is 6.34. The second kappa shape index (κ2) is 8.91. The van der Waals surface area contributed by atoms with E-state index >= 15 is 0 Å². The molecule has 148 valence electrons. The fraction of sp³-hybridized carbons (Fsp3) is 0.429. The van der Waals surface area contributed by atoms with Gasteiger partial charge in [0.2, 0.25) is 5.88 Å². The fourth-order valence-electron chi connectivity index (χ4n) is 3.63. The van der Waals surface area contributed by atoms with E-state index in [1.165, 1.54) is 0 Å². The highest BCUT2D eigenvalue weighted by atomic mass is 16.5. The zero-order chi connectivity index (χ0) is 20.1. The average Bonchev–Trinajstić information content (AvgIpc) is 2.69. The maximum atomic E-state index is 12.7. The largest absolute Gasteiger partial charge is 0.463 e. The van der Waals surface area contributed by atoms with Gasteiger partial charge in [-0.15, -0.1) is 0 Å². The van der Waals surface area contributed by atoms with Gasteiger partial charge in [0, 0.05) is 19.6 Å². The van der Waals surface area contributed by atoms with Crippen molar-refractivity contribution in [3.05, 3.63) is 58.2 Å². The highest BCUT2D eigenvalue weighted by Gasteiger charge is 2.37. The van der Waals surface area contributed by atoms with Crippen molar-refractivity contribution in [1.82, 2.24) is 4.90 Å². The molecule has 3 rings (SSSR count). The molecule has 0 spiro atoms. The number of esters is 1. The van der Waals surface area contributed by atoms with Crippen LogP contribution in [0.5, 0.6) is 0 Å². The van der Waals surface area contributed by atoms with Crippen molar-refractivity contribution in [3.8, 4) is 6.07 Å². The molecule has 7 nitrogen and oxygen atoms in total. The number of benzene rings is 1. The van der Waals surface area contributed by atoms with Crippen LogP contribution in [0.15, 0.2) is 47.1 Å². The molecule has 0 radical (unpaired) electrons. The summed E-state index contributed by atoms with van der Waals surface area (Å²) in [6.45, 7) is 7.42. The Balaban J connectivity index is 2.06. The number of hydrogen-bond donors (Lipinski definition) is 1. The molecule has 1 fully saturated rings. The highest BCUT2D eigenvalue weighted by molar-refractivity contribution is 5.92. The molecule has 2 N–H and O–H groups in total. The second-order valence-electron chi connectivity index (χ2n) is 6.70. The van der Waals surface area contributed by atoms with Gasteiger partial charge >= 0.3 is 5.97 Å². The monoisotopic (exact) mass is 383 g/mol. The van der Waals surface area contributed by atoms with Gasteiger partial charge < -0.3 is 19.9 Å². The molecule has 0 aromatic heterocycles. The third-order valence-electron chi connectivity index (χ3n) is 4.96. The van der Waals surface area contributed by atoms with Gasteiger partial charge in [-0.3, -0.25) is 4.90 Å². The van der Waals surface area contributed by atoms with E-state index in [0.29, 0.717) is 31.1 Å². The Bertz CT molecular complexity index is 847. The predicted molar refractivity (Wildman–Crippen MR) is 103 cm³/mol. The molecule has 2 aliphatic rings. The number of nitrogens with zero attached hydrogens (tertiary/aromatic N) is 2. The first kappa shape index (κ1) is 19.9. The van der Waals surface area contributed by atoms with Crippen molar-refractivity contribution in [2.24, 2.45) is 5.73 Å². The minimum atomic E-state index is -0.616. The molecule has 1 aromatic carbocycles. The van der Waals surface area contributed by atoms with Crippen molar-refractivity contribution in [3.63, 3.8) is 0 Å². The summed E-state index contributed by atoms with van der Waals surface area (Å²) in [6.07, 6.45) is 0. The summed E-state index contributed by atoms with van der Waals surface area (Å²) in [5.41, 5.74) is 8.44. The molecule has 7 heteroatoms. The summed E-state index contributed by atoms with van der Waals surface area (Å²) in [5, 5.41) is 9.75. The zero-order valence-electron chi connectivity index (χ0n) is 16.2. The second-order valence-corrected chi connectivity index (χ2v) is 6.70. The topological polar surface area (TPSA) is 97.8 Å². The molecule has 1 saturated heterocycles. The van der Waals surface area contributed by atoms with Crippen molar-refractivity contribution in [1.29, 1.82) is 5.26 Å². The number of carbonyl (C=O) groups is 1. The van der Waals surface area contributed by atoms with Gasteiger partial charge in [0.15, 0.2) is 0 Å². The Hall–Kier alpha value is -2.82. The number of hydrogen-bond acceptors (Lipinski definition) is 7. The molecule has 2 heterocycles. The van der Waals surface area contributed by atoms with Gasteiger partial charge in [-0.05, 0) is 25.0 Å². The molecule has 1 aromatic rings. The molecule has 0 aliphatic carbocycles. The number of nitriles is 1. The summed E-state index contributed by atoms with van der Waals surface area (Å²) in [7, 11) is 0. The molecule has 0 amide bonds. The maximum Gasteiger partial charge on any atom is 0.338 e. The van der Waals surface area contributed by atoms with E-state index in [4.69, 9.17) is 19.9 Å². The molecule has 2 aliphatic heterocycles. The van der Waals surface area contributed by atoms with Crippen LogP contribution in [0.1, 0.15) is 30.9 Å². The summed E-state index contributed by atoms with van der Waals surface area (Å²) < 4.78 is 16.2. The first-order valence-corrected chi connectivity index (χ1v) is 9.40. The van der Waals surface area contributed by atoms with Gasteiger partial charge in [0.25, 0.3) is 0 Å². The van der Waals surface area contributed by atoms with Crippen LogP contribution in [-0.2, 0) is 25.5 Å². The normalized spacial score (nSPS) is 20.5. The number of morpholine rings is 1. The zero-order valence-corrected chi connectivity index (χ0v) is 16.2. The number of ether oxygens (including phenoxy) is 3. The van der Waals surface area contributed by atoms with Gasteiger partial charge in [-0.25, -0.2) is 4.79 Å². The van der Waals surface area contributed by atoms with Gasteiger partial charge in [-0.2, -0.15) is 5.26 Å². The first-order chi connectivity index (χ1) is 13.6. The fourth-order valence-corrected chi connectivity index (χ4v) is 3.63. The van der Waals surface area contributed by atoms with Crippen LogP contribution >= 0.6 is 0 Å². The summed E-state index contributed by atoms with van der Waals surface area (Å²) in [4.78, 5) is 15.0. The summed E-state index contributed by atoms with van der Waals surface area (Å²) in [6, 6.07) is 9.94. The average molecular weight is 383 g/mol. The number of nitrogens with two attached hydrogens (primary N) is 1. The third kappa shape index (κ3) is 4.03. The van der Waals surface area contributed by atoms with Crippen molar-refractivity contribution in [2.45, 2.75) is 26.3 Å². The maximum absolute atomic E-state index is 12.7. The highest BCUT2D eigenvalue weighted by Crippen LogP contribution is 2.41. The van der Waals surface area contributed by atoms with Crippen LogP contribution in [0, 0.1) is 11.3 Å². The number of carbonyl (C=O) groups excluding carboxylic acids is 1. The number of rotatable bonds is 5. The Morgan fingerprint density at radius 1 is 1.36 bits per heavy atom. The van der Waals surface area contributed by atoms with E-state index < -0.39 is 11.9 Å². The van der Waals surface area contributed by atoms with Gasteiger partial charge in [0.05, 0.1) is 31.3 Å². The van der Waals surface area contributed by atoms with Crippen LogP contribution in [0.2, 0.25) is 0 Å². The quantitative estimate of drug-likeness (QED) is 0.778. The molecular formula is C21H25N3O4. The SMILES string of the molecule is CCOC(=O)C1=C(C)OC(N)=C(C#N)C1c1ccccc1CN1CCOCC1. The lowest BCUT2D eigenvalue weighted by atomic mass is 9.81. The van der Waals surface area contributed by atoms with E-state index in [1.54, 1.807) is 13.8 Å². The summed E-state index contributed by atoms with van der Waals surface area (Å²) in [5.74, 6) is -0.721. The lowest BCUT2D eigenvalue weighted by Gasteiger charge is -2.31. The third-order valence-corrected chi connectivity index (χ3v) is 4.96. The van der Waals surface area contributed by atoms with E-state index in [-0.39, 0.29) is 18.1 Å². The Labute approximate surface area is 165 Å². The van der Waals surface area contributed by atoms with E-state index in [0.717, 1.165) is 24.2 Å². The van der Waals surface area contributed by atoms with Crippen molar-refractivity contribution >= 4 is 5.97 Å². The molecule has 28 heavy (non-hydrogen) atoms. The summed E-state index contributed by atoms with van der Waals surface area (Å²) >= 11 is 0. The van der Waals surface area contributed by atoms with Crippen LogP contribution in [-0.4, -0.2) is 43.8 Å². The van der Waals surface area contributed by atoms with Crippen LogP contribution < -0.4 is 5.73 Å². The molecule has 1 unspecified atom stereocenters. The van der Waals surface area contributed by atoms with Crippen molar-refractivity contribution < 1.29 is 19.0 Å².